The van der Waals surface area contributed by atoms with Gasteiger partial charge >= 0.3 is 0 Å². The van der Waals surface area contributed by atoms with Crippen LogP contribution in [0.25, 0.3) is 0 Å². The van der Waals surface area contributed by atoms with E-state index in [-0.39, 0.29) is 33.7 Å². The van der Waals surface area contributed by atoms with Crippen LogP contribution in [-0.4, -0.2) is 33.3 Å². The summed E-state index contributed by atoms with van der Waals surface area (Å²) in [5, 5.41) is 9.26. The molecule has 4 radical (unpaired) electrons. The van der Waals surface area contributed by atoms with Gasteiger partial charge in [0.05, 0.1) is 0 Å². The Bertz CT molecular complexity index is 44.1. The molecule has 0 fully saturated rings. The average molecular weight is 280 g/mol. The fraction of sp³-hybridized carbons (Fsp3) is 0.667. The van der Waals surface area contributed by atoms with Crippen molar-refractivity contribution in [3.8, 4) is 0 Å². The van der Waals surface area contributed by atoms with Crippen LogP contribution in [0.1, 0.15) is 13.3 Å². The van der Waals surface area contributed by atoms with E-state index in [9.17, 15) is 9.90 Å². The second kappa shape index (κ2) is 5.39. The zero-order valence-electron chi connectivity index (χ0n) is 3.52. The van der Waals surface area contributed by atoms with Gasteiger partial charge in [-0.25, -0.2) is 0 Å². The van der Waals surface area contributed by atoms with Crippen LogP contribution >= 0.6 is 0 Å². The molecule has 2 nitrogen and oxygen atoms in total. The first-order valence-corrected chi connectivity index (χ1v) is 1.47. The second-order valence-electron chi connectivity index (χ2n) is 0.726. The van der Waals surface area contributed by atoms with Crippen molar-refractivity contribution < 1.29 is 9.90 Å². The first-order chi connectivity index (χ1) is 2.27. The Labute approximate surface area is 56.7 Å². The summed E-state index contributed by atoms with van der Waals surface area (Å²) in [6.45, 7) is 1.54. The Balaban J connectivity index is 0. The summed E-state index contributed by atoms with van der Waals surface area (Å²) < 4.78 is 0. The zero-order valence-corrected chi connectivity index (χ0v) is 7.41. The van der Waals surface area contributed by atoms with Crippen molar-refractivity contribution in [3.63, 3.8) is 0 Å². The van der Waals surface area contributed by atoms with Gasteiger partial charge in [0.15, 0.2) is 0 Å². The molecule has 0 bridgehead atoms. The number of hydrogen-bond donors (Lipinski definition) is 0. The Morgan fingerprint density at radius 3 is 2.00 bits per heavy atom. The smallest absolute Gasteiger partial charge is 0.0411 e. The summed E-state index contributed by atoms with van der Waals surface area (Å²) in [4.78, 5) is 9.26. The van der Waals surface area contributed by atoms with Crippen molar-refractivity contribution in [2.75, 3.05) is 0 Å². The molecule has 0 rings (SSSR count). The van der Waals surface area contributed by atoms with Gasteiger partial charge < -0.3 is 9.90 Å². The maximum atomic E-state index is 9.26. The molecule has 0 aliphatic carbocycles. The fourth-order valence-corrected chi connectivity index (χ4v) is 0. The minimum Gasteiger partial charge on any atom is -0.550 e. The van der Waals surface area contributed by atoms with Crippen LogP contribution in [0.4, 0.5) is 0 Å². The minimum absolute atomic E-state index is 0. The Morgan fingerprint density at radius 1 is 1.83 bits per heavy atom. The van der Waals surface area contributed by atoms with Gasteiger partial charge in [-0.2, -0.15) is 0 Å². The third kappa shape index (κ3) is 8.83. The van der Waals surface area contributed by atoms with Gasteiger partial charge in [0.25, 0.3) is 0 Å². The van der Waals surface area contributed by atoms with Crippen LogP contribution in [0.2, 0.25) is 0 Å². The Hall–Kier alpha value is 0.392. The number of rotatable bonds is 1. The number of aliphatic carboxylic acids is 1. The van der Waals surface area contributed by atoms with Gasteiger partial charge in [0.1, 0.15) is 0 Å². The standard InChI is InChI=1S/C3H6O2.Pb/c1-2-3(4)5;/h2H2,1H3,(H,4,5);/p-1. The maximum absolute atomic E-state index is 9.26. The molecule has 0 N–H and O–H groups in total. The molecule has 0 aliphatic heterocycles. The SMILES string of the molecule is CCC(=O)[O-].[Pb]. The van der Waals surface area contributed by atoms with Crippen LogP contribution in [0, 0.1) is 0 Å². The van der Waals surface area contributed by atoms with Crippen LogP contribution in [-0.2, 0) is 4.79 Å². The molecular weight excluding hydrogens is 275 g/mol. The van der Waals surface area contributed by atoms with Gasteiger partial charge in [0, 0.05) is 33.3 Å². The van der Waals surface area contributed by atoms with Gasteiger partial charge in [-0.1, -0.05) is 6.92 Å². The molecule has 3 heteroatoms. The van der Waals surface area contributed by atoms with Crippen molar-refractivity contribution in [3.05, 3.63) is 0 Å². The number of carbonyl (C=O) groups excluding carboxylic acids is 1. The molecule has 0 atom stereocenters. The molecule has 0 aliphatic rings. The monoisotopic (exact) mass is 281 g/mol. The Morgan fingerprint density at radius 2 is 2.00 bits per heavy atom. The molecule has 6 heavy (non-hydrogen) atoms. The first kappa shape index (κ1) is 9.63. The normalized spacial score (nSPS) is 6.17. The maximum Gasteiger partial charge on any atom is 0.0411 e. The molecule has 0 spiro atoms. The number of carboxylic acid groups (broad SMARTS) is 1. The number of carboxylic acids is 1. The predicted molar refractivity (Wildman–Crippen MR) is 21.1 cm³/mol. The molecule has 0 aromatic carbocycles. The fourth-order valence-electron chi connectivity index (χ4n) is 0. The molecule has 0 aromatic heterocycles. The summed E-state index contributed by atoms with van der Waals surface area (Å²) in [5.74, 6) is -0.995. The third-order valence-corrected chi connectivity index (χ3v) is 0.289. The van der Waals surface area contributed by atoms with Crippen LogP contribution in [0.15, 0.2) is 0 Å². The van der Waals surface area contributed by atoms with Crippen LogP contribution < -0.4 is 5.11 Å². The van der Waals surface area contributed by atoms with Crippen molar-refractivity contribution in [1.82, 2.24) is 0 Å². The van der Waals surface area contributed by atoms with Gasteiger partial charge in [-0.3, -0.25) is 0 Å². The summed E-state index contributed by atoms with van der Waals surface area (Å²) in [6, 6.07) is 0. The largest absolute Gasteiger partial charge is 0.550 e. The molecule has 0 saturated heterocycles. The molecular formula is C3H5O2Pb-. The van der Waals surface area contributed by atoms with E-state index in [0.29, 0.717) is 0 Å². The van der Waals surface area contributed by atoms with Crippen LogP contribution in [0.3, 0.4) is 0 Å². The number of carbonyl (C=O) groups is 1. The predicted octanol–water partition coefficient (Wildman–Crippen LogP) is -1.23. The molecule has 0 aromatic rings. The van der Waals surface area contributed by atoms with E-state index >= 15 is 0 Å². The first-order valence-electron chi connectivity index (χ1n) is 1.47. The van der Waals surface area contributed by atoms with Crippen molar-refractivity contribution in [1.29, 1.82) is 0 Å². The minimum atomic E-state index is -0.995. The van der Waals surface area contributed by atoms with Gasteiger partial charge in [0.2, 0.25) is 0 Å². The van der Waals surface area contributed by atoms with Crippen molar-refractivity contribution in [2.45, 2.75) is 13.3 Å². The average Bonchev–Trinajstić information content (AvgIpc) is 1.38. The molecule has 0 unspecified atom stereocenters. The molecule has 0 amide bonds. The summed E-state index contributed by atoms with van der Waals surface area (Å²) >= 11 is 0. The van der Waals surface area contributed by atoms with Gasteiger partial charge in [-0.05, 0) is 6.42 Å². The zero-order chi connectivity index (χ0) is 4.28. The van der Waals surface area contributed by atoms with Crippen molar-refractivity contribution >= 4 is 33.3 Å². The molecule has 0 saturated carbocycles. The third-order valence-electron chi connectivity index (χ3n) is 0.289. The second-order valence-corrected chi connectivity index (χ2v) is 0.726. The quantitative estimate of drug-likeness (QED) is 0.564. The van der Waals surface area contributed by atoms with E-state index in [1.807, 2.05) is 0 Å². The summed E-state index contributed by atoms with van der Waals surface area (Å²) in [5.41, 5.74) is 0. The van der Waals surface area contributed by atoms with E-state index in [1.165, 1.54) is 6.92 Å². The molecule has 0 heterocycles. The van der Waals surface area contributed by atoms with E-state index < -0.39 is 5.97 Å². The summed E-state index contributed by atoms with van der Waals surface area (Å²) in [6.07, 6.45) is 0.111. The number of hydrogen-bond acceptors (Lipinski definition) is 2. The van der Waals surface area contributed by atoms with E-state index in [1.54, 1.807) is 0 Å². The van der Waals surface area contributed by atoms with Crippen molar-refractivity contribution in [2.24, 2.45) is 0 Å². The molecule has 34 valence electrons. The topological polar surface area (TPSA) is 40.1 Å². The van der Waals surface area contributed by atoms with E-state index in [0.717, 1.165) is 0 Å². The van der Waals surface area contributed by atoms with E-state index in [2.05, 4.69) is 0 Å². The van der Waals surface area contributed by atoms with Crippen LogP contribution in [0.5, 0.6) is 0 Å². The van der Waals surface area contributed by atoms with E-state index in [4.69, 9.17) is 0 Å². The van der Waals surface area contributed by atoms with Gasteiger partial charge in [-0.15, -0.1) is 0 Å². The summed E-state index contributed by atoms with van der Waals surface area (Å²) in [7, 11) is 0. The Kier molecular flexibility index (Phi) is 8.66.